The number of aromatic nitrogens is 3. The molecular formula is C33H33ClFN5O5. The summed E-state index contributed by atoms with van der Waals surface area (Å²) in [6, 6.07) is 13.1. The summed E-state index contributed by atoms with van der Waals surface area (Å²) in [7, 11) is 1.29. The van der Waals surface area contributed by atoms with E-state index in [0.29, 0.717) is 47.7 Å². The maximum absolute atomic E-state index is 15.3. The Balaban J connectivity index is 1.06. The van der Waals surface area contributed by atoms with Gasteiger partial charge in [0.15, 0.2) is 17.3 Å². The molecule has 0 spiro atoms. The number of hydrogen-bond acceptors (Lipinski definition) is 9. The van der Waals surface area contributed by atoms with Gasteiger partial charge in [-0.25, -0.2) is 14.2 Å². The van der Waals surface area contributed by atoms with Crippen molar-refractivity contribution >= 4 is 34.3 Å². The van der Waals surface area contributed by atoms with Crippen molar-refractivity contribution in [3.8, 4) is 11.5 Å². The molecule has 0 radical (unpaired) electrons. The Morgan fingerprint density at radius 3 is 2.69 bits per heavy atom. The van der Waals surface area contributed by atoms with Crippen molar-refractivity contribution in [2.45, 2.75) is 63.3 Å². The van der Waals surface area contributed by atoms with E-state index in [2.05, 4.69) is 20.9 Å². The van der Waals surface area contributed by atoms with Crippen LogP contribution in [-0.2, 0) is 28.4 Å². The van der Waals surface area contributed by atoms with Gasteiger partial charge in [0, 0.05) is 44.9 Å². The second kappa shape index (κ2) is 10.9. The van der Waals surface area contributed by atoms with Crippen LogP contribution in [0.3, 0.4) is 0 Å². The molecular weight excluding hydrogens is 601 g/mol. The number of methoxy groups -OCH3 is 1. The lowest BCUT2D eigenvalue weighted by molar-refractivity contribution is -0.0717. The van der Waals surface area contributed by atoms with E-state index in [-0.39, 0.29) is 23.2 Å². The minimum Gasteiger partial charge on any atom is -0.465 e. The number of rotatable bonds is 7. The Morgan fingerprint density at radius 1 is 1.13 bits per heavy atom. The lowest BCUT2D eigenvalue weighted by Gasteiger charge is -2.54. The van der Waals surface area contributed by atoms with Crippen molar-refractivity contribution in [3.05, 3.63) is 76.6 Å². The number of ether oxygens (including phenoxy) is 4. The van der Waals surface area contributed by atoms with E-state index in [4.69, 9.17) is 35.5 Å². The number of pyridine rings is 1. The van der Waals surface area contributed by atoms with Gasteiger partial charge in [-0.15, -0.1) is 0 Å². The van der Waals surface area contributed by atoms with Crippen LogP contribution in [0.5, 0.6) is 11.5 Å². The lowest BCUT2D eigenvalue weighted by atomic mass is 9.81. The van der Waals surface area contributed by atoms with Crippen molar-refractivity contribution < 1.29 is 28.1 Å². The predicted molar refractivity (Wildman–Crippen MR) is 164 cm³/mol. The summed E-state index contributed by atoms with van der Waals surface area (Å²) in [5.74, 6) is -0.0000620. The number of piperazine rings is 1. The fourth-order valence-electron chi connectivity index (χ4n) is 7.01. The van der Waals surface area contributed by atoms with Gasteiger partial charge < -0.3 is 28.4 Å². The molecule has 1 saturated carbocycles. The van der Waals surface area contributed by atoms with E-state index in [1.165, 1.54) is 13.2 Å². The Labute approximate surface area is 264 Å². The Hall–Kier alpha value is -3.93. The topological polar surface area (TPSA) is 91.2 Å². The summed E-state index contributed by atoms with van der Waals surface area (Å²) in [6.45, 7) is 5.28. The third kappa shape index (κ3) is 4.79. The molecule has 2 aromatic heterocycles. The molecule has 0 amide bonds. The minimum absolute atomic E-state index is 0.0374. The van der Waals surface area contributed by atoms with E-state index < -0.39 is 17.6 Å². The summed E-state index contributed by atoms with van der Waals surface area (Å²) in [5, 5.41) is 0.551. The third-order valence-electron chi connectivity index (χ3n) is 9.59. The Kier molecular flexibility index (Phi) is 6.88. The van der Waals surface area contributed by atoms with Gasteiger partial charge in [-0.1, -0.05) is 17.7 Å². The van der Waals surface area contributed by atoms with Crippen molar-refractivity contribution in [1.29, 1.82) is 0 Å². The van der Waals surface area contributed by atoms with Crippen LogP contribution in [0.25, 0.3) is 11.0 Å². The smallest absolute Gasteiger partial charge is 0.338 e. The van der Waals surface area contributed by atoms with Gasteiger partial charge >= 0.3 is 5.97 Å². The van der Waals surface area contributed by atoms with Crippen LogP contribution in [0.2, 0.25) is 5.02 Å². The summed E-state index contributed by atoms with van der Waals surface area (Å²) in [4.78, 5) is 26.4. The zero-order valence-electron chi connectivity index (χ0n) is 25.0. The number of fused-ring (bicyclic) bond motifs is 3. The molecule has 5 heterocycles. The van der Waals surface area contributed by atoms with E-state index >= 15 is 4.39 Å². The van der Waals surface area contributed by atoms with Crippen LogP contribution in [0.1, 0.15) is 48.1 Å². The van der Waals surface area contributed by atoms with Crippen molar-refractivity contribution in [3.63, 3.8) is 0 Å². The number of anilines is 1. The molecule has 0 N–H and O–H groups in total. The molecule has 4 aliphatic rings. The van der Waals surface area contributed by atoms with E-state index in [9.17, 15) is 4.79 Å². The van der Waals surface area contributed by atoms with Gasteiger partial charge in [0.1, 0.15) is 17.0 Å². The lowest BCUT2D eigenvalue weighted by Crippen LogP contribution is -2.64. The average Bonchev–Trinajstić information content (AvgIpc) is 3.53. The molecule has 10 nitrogen and oxygen atoms in total. The molecule has 0 bridgehead atoms. The number of benzene rings is 2. The zero-order valence-corrected chi connectivity index (χ0v) is 25.8. The molecule has 3 aliphatic heterocycles. The predicted octanol–water partition coefficient (Wildman–Crippen LogP) is 5.30. The number of imidazole rings is 1. The Morgan fingerprint density at radius 2 is 1.98 bits per heavy atom. The summed E-state index contributed by atoms with van der Waals surface area (Å²) < 4.78 is 40.7. The average molecular weight is 634 g/mol. The monoisotopic (exact) mass is 633 g/mol. The summed E-state index contributed by atoms with van der Waals surface area (Å²) in [5.41, 5.74) is 2.66. The number of esters is 1. The molecule has 3 fully saturated rings. The summed E-state index contributed by atoms with van der Waals surface area (Å²) >= 11 is 6.07. The van der Waals surface area contributed by atoms with Crippen LogP contribution in [-0.4, -0.2) is 70.4 Å². The van der Waals surface area contributed by atoms with Gasteiger partial charge in [0.2, 0.25) is 0 Å². The van der Waals surface area contributed by atoms with Crippen LogP contribution < -0.4 is 14.4 Å². The maximum atomic E-state index is 15.3. The molecule has 2 aromatic carbocycles. The molecule has 4 aromatic rings. The van der Waals surface area contributed by atoms with Crippen LogP contribution in [0.15, 0.2) is 48.7 Å². The summed E-state index contributed by atoms with van der Waals surface area (Å²) in [6.07, 6.45) is 4.66. The van der Waals surface area contributed by atoms with Crippen LogP contribution in [0.4, 0.5) is 10.1 Å². The second-order valence-corrected chi connectivity index (χ2v) is 12.7. The molecule has 3 unspecified atom stereocenters. The van der Waals surface area contributed by atoms with Crippen molar-refractivity contribution in [2.75, 3.05) is 31.7 Å². The van der Waals surface area contributed by atoms with Crippen molar-refractivity contribution in [2.24, 2.45) is 0 Å². The Bertz CT molecular complexity index is 1800. The van der Waals surface area contributed by atoms with Gasteiger partial charge in [-0.05, 0) is 55.7 Å². The highest BCUT2D eigenvalue weighted by Gasteiger charge is 2.47. The highest BCUT2D eigenvalue weighted by Crippen LogP contribution is 2.51. The van der Waals surface area contributed by atoms with E-state index in [0.717, 1.165) is 49.6 Å². The fraction of sp³-hybridized carbons (Fsp3) is 0.424. The van der Waals surface area contributed by atoms with Crippen molar-refractivity contribution in [1.82, 2.24) is 19.4 Å². The molecule has 2 saturated heterocycles. The van der Waals surface area contributed by atoms with Gasteiger partial charge in [-0.3, -0.25) is 9.88 Å². The molecule has 45 heavy (non-hydrogen) atoms. The van der Waals surface area contributed by atoms with Gasteiger partial charge in [0.25, 0.3) is 5.79 Å². The van der Waals surface area contributed by atoms with Crippen LogP contribution >= 0.6 is 11.6 Å². The van der Waals surface area contributed by atoms with E-state index in [1.807, 2.05) is 29.7 Å². The zero-order chi connectivity index (χ0) is 30.9. The van der Waals surface area contributed by atoms with E-state index in [1.54, 1.807) is 18.3 Å². The largest absolute Gasteiger partial charge is 0.465 e. The molecule has 234 valence electrons. The quantitative estimate of drug-likeness (QED) is 0.252. The highest BCUT2D eigenvalue weighted by atomic mass is 35.5. The first-order valence-corrected chi connectivity index (χ1v) is 15.7. The molecule has 8 rings (SSSR count). The number of carbonyl (C=O) groups is 1. The number of carbonyl (C=O) groups excluding carboxylic acids is 1. The first kappa shape index (κ1) is 28.5. The highest BCUT2D eigenvalue weighted by molar-refractivity contribution is 6.30. The number of hydrogen-bond donors (Lipinski definition) is 0. The fourth-order valence-corrected chi connectivity index (χ4v) is 7.12. The molecule has 1 aliphatic carbocycles. The van der Waals surface area contributed by atoms with Gasteiger partial charge in [-0.2, -0.15) is 0 Å². The first-order valence-electron chi connectivity index (χ1n) is 15.3. The SMILES string of the molecule is COC(=O)c1cc(F)c2nc(CN3CCN(c4cccc5c4OC(C)(c4ccc(Cl)cn4)O5)C4CCC43)n(C[C@@H]3CCO3)c2c1. The van der Waals surface area contributed by atoms with Crippen LogP contribution in [0, 0.1) is 5.82 Å². The standard InChI is InChI=1S/C33H33ClFN5O5/c1-33(28-9-6-20(34)16-36-28)44-27-5-3-4-25(31(27)45-33)39-12-11-38(23-7-8-24(23)39)18-29-37-30-22(35)14-19(32(41)42-2)15-26(30)40(29)17-21-10-13-43-21/h3-6,9,14-16,21,23-24H,7-8,10-13,17-18H2,1-2H3/t21-,23?,24?,33?/m0/s1. The molecule has 12 heteroatoms. The number of halogens is 2. The maximum Gasteiger partial charge on any atom is 0.338 e. The molecule has 4 atom stereocenters. The first-order chi connectivity index (χ1) is 21.8. The number of nitrogens with zero attached hydrogens (tertiary/aromatic N) is 5. The third-order valence-corrected chi connectivity index (χ3v) is 9.82. The number of para-hydroxylation sites is 1. The second-order valence-electron chi connectivity index (χ2n) is 12.2. The van der Waals surface area contributed by atoms with Gasteiger partial charge in [0.05, 0.1) is 48.1 Å². The normalized spacial score (nSPS) is 25.5. The minimum atomic E-state index is -1.06.